The van der Waals surface area contributed by atoms with Crippen molar-refractivity contribution in [1.82, 2.24) is 25.1 Å². The predicted octanol–water partition coefficient (Wildman–Crippen LogP) is 3.85. The molecule has 2 aliphatic heterocycles. The molecule has 1 N–H and O–H groups in total. The van der Waals surface area contributed by atoms with Gasteiger partial charge in [0.25, 0.3) is 0 Å². The number of H-pyrrole nitrogens is 1. The molecule has 35 heavy (non-hydrogen) atoms. The molecule has 1 saturated heterocycles. The van der Waals surface area contributed by atoms with Crippen molar-refractivity contribution in [2.24, 2.45) is 5.10 Å². The molecule has 11 heteroatoms. The summed E-state index contributed by atoms with van der Waals surface area (Å²) in [6.45, 7) is 4.17. The van der Waals surface area contributed by atoms with Crippen molar-refractivity contribution in [3.8, 4) is 23.1 Å². The highest BCUT2D eigenvalue weighted by molar-refractivity contribution is 5.79. The fourth-order valence-electron chi connectivity index (χ4n) is 4.31. The number of ether oxygens (including phenoxy) is 1. The van der Waals surface area contributed by atoms with Crippen LogP contribution in [0.3, 0.4) is 0 Å². The SMILES string of the molecule is Cc1n[nH]c(C)c1-c1cc(OC2CN(C(=O)N3N=CCC3c3cc(F)cc(C#N)c3)C2)c(F)cn1. The first-order valence-electron chi connectivity index (χ1n) is 11.0. The Labute approximate surface area is 199 Å². The molecule has 1 fully saturated rings. The van der Waals surface area contributed by atoms with E-state index in [4.69, 9.17) is 10.00 Å². The Hall–Kier alpha value is -4.33. The Bertz CT molecular complexity index is 1360. The number of hydrazone groups is 1. The molecule has 4 heterocycles. The smallest absolute Gasteiger partial charge is 0.341 e. The van der Waals surface area contributed by atoms with Gasteiger partial charge in [-0.1, -0.05) is 0 Å². The van der Waals surface area contributed by atoms with Crippen LogP contribution in [-0.4, -0.2) is 56.5 Å². The Morgan fingerprint density at radius 2 is 2.03 bits per heavy atom. The van der Waals surface area contributed by atoms with E-state index < -0.39 is 23.8 Å². The van der Waals surface area contributed by atoms with Crippen molar-refractivity contribution in [3.63, 3.8) is 0 Å². The lowest BCUT2D eigenvalue weighted by molar-refractivity contribution is 0.0257. The number of carbonyl (C=O) groups is 1. The van der Waals surface area contributed by atoms with E-state index >= 15 is 0 Å². The van der Waals surface area contributed by atoms with E-state index in [0.29, 0.717) is 17.7 Å². The highest BCUT2D eigenvalue weighted by Gasteiger charge is 2.39. The average Bonchev–Trinajstić information content (AvgIpc) is 3.43. The Kier molecular flexibility index (Phi) is 5.64. The number of nitrogens with zero attached hydrogens (tertiary/aromatic N) is 6. The van der Waals surface area contributed by atoms with Crippen molar-refractivity contribution in [2.45, 2.75) is 32.4 Å². The first kappa shape index (κ1) is 22.5. The third kappa shape index (κ3) is 4.19. The van der Waals surface area contributed by atoms with Gasteiger partial charge in [-0.15, -0.1) is 0 Å². The maximum atomic E-state index is 14.4. The number of urea groups is 1. The lowest BCUT2D eigenvalue weighted by Crippen LogP contribution is -2.58. The fraction of sp³-hybridized carbons (Fsp3) is 0.292. The first-order valence-corrected chi connectivity index (χ1v) is 11.0. The number of aryl methyl sites for hydroxylation is 2. The summed E-state index contributed by atoms with van der Waals surface area (Å²) in [7, 11) is 0. The minimum absolute atomic E-state index is 0.0490. The monoisotopic (exact) mass is 477 g/mol. The highest BCUT2D eigenvalue weighted by atomic mass is 19.1. The summed E-state index contributed by atoms with van der Waals surface area (Å²) in [5, 5.41) is 21.6. The zero-order valence-corrected chi connectivity index (χ0v) is 19.0. The van der Waals surface area contributed by atoms with Gasteiger partial charge in [-0.25, -0.2) is 18.6 Å². The molecule has 2 aromatic heterocycles. The van der Waals surface area contributed by atoms with Crippen LogP contribution in [0.25, 0.3) is 11.3 Å². The second kappa shape index (κ2) is 8.79. The van der Waals surface area contributed by atoms with Crippen molar-refractivity contribution < 1.29 is 18.3 Å². The second-order valence-corrected chi connectivity index (χ2v) is 8.52. The van der Waals surface area contributed by atoms with Crippen molar-refractivity contribution >= 4 is 12.2 Å². The molecule has 5 rings (SSSR count). The van der Waals surface area contributed by atoms with Crippen LogP contribution in [0.2, 0.25) is 0 Å². The van der Waals surface area contributed by atoms with Gasteiger partial charge in [0.2, 0.25) is 0 Å². The number of nitrogens with one attached hydrogen (secondary N) is 1. The number of halogens is 2. The minimum Gasteiger partial charge on any atom is -0.483 e. The van der Waals surface area contributed by atoms with Crippen molar-refractivity contribution in [2.75, 3.05) is 13.1 Å². The summed E-state index contributed by atoms with van der Waals surface area (Å²) < 4.78 is 34.1. The number of pyridine rings is 1. The molecule has 2 amide bonds. The maximum absolute atomic E-state index is 14.4. The molecule has 0 saturated carbocycles. The number of hydrogen-bond acceptors (Lipinski definition) is 6. The summed E-state index contributed by atoms with van der Waals surface area (Å²) in [6.07, 6.45) is 2.70. The van der Waals surface area contributed by atoms with Gasteiger partial charge in [-0.2, -0.15) is 15.5 Å². The number of benzene rings is 1. The molecular formula is C24H21F2N7O2. The summed E-state index contributed by atoms with van der Waals surface area (Å²) in [5.74, 6) is -1.09. The molecule has 1 aromatic carbocycles. The van der Waals surface area contributed by atoms with Crippen LogP contribution < -0.4 is 4.74 Å². The van der Waals surface area contributed by atoms with Gasteiger partial charge >= 0.3 is 6.03 Å². The molecule has 0 bridgehead atoms. The lowest BCUT2D eigenvalue weighted by atomic mass is 10.0. The van der Waals surface area contributed by atoms with E-state index in [1.807, 2.05) is 19.9 Å². The number of nitriles is 1. The third-order valence-corrected chi connectivity index (χ3v) is 6.08. The van der Waals surface area contributed by atoms with Crippen LogP contribution in [0.4, 0.5) is 13.6 Å². The van der Waals surface area contributed by atoms with Crippen molar-refractivity contribution in [3.05, 3.63) is 64.6 Å². The van der Waals surface area contributed by atoms with Crippen LogP contribution in [0.1, 0.15) is 35.0 Å². The lowest BCUT2D eigenvalue weighted by Gasteiger charge is -2.41. The van der Waals surface area contributed by atoms with Gasteiger partial charge in [-0.3, -0.25) is 10.1 Å². The average molecular weight is 477 g/mol. The summed E-state index contributed by atoms with van der Waals surface area (Å²) >= 11 is 0. The van der Waals surface area contributed by atoms with Gasteiger partial charge in [0.05, 0.1) is 48.3 Å². The number of aromatic amines is 1. The number of amides is 2. The molecule has 1 atom stereocenters. The first-order chi connectivity index (χ1) is 16.8. The Balaban J connectivity index is 1.25. The van der Waals surface area contributed by atoms with Crippen LogP contribution in [0.15, 0.2) is 35.6 Å². The van der Waals surface area contributed by atoms with Crippen LogP contribution in [-0.2, 0) is 0 Å². The number of hydrogen-bond donors (Lipinski definition) is 1. The minimum atomic E-state index is -0.596. The molecule has 9 nitrogen and oxygen atoms in total. The molecule has 0 aliphatic carbocycles. The van der Waals surface area contributed by atoms with Gasteiger partial charge in [0.1, 0.15) is 11.9 Å². The number of likely N-dealkylation sites (tertiary alicyclic amines) is 1. The zero-order chi connectivity index (χ0) is 24.7. The normalized spacial score (nSPS) is 17.4. The fourth-order valence-corrected chi connectivity index (χ4v) is 4.31. The van der Waals surface area contributed by atoms with E-state index in [9.17, 15) is 13.6 Å². The maximum Gasteiger partial charge on any atom is 0.341 e. The van der Waals surface area contributed by atoms with Gasteiger partial charge < -0.3 is 9.64 Å². The Morgan fingerprint density at radius 1 is 1.23 bits per heavy atom. The predicted molar refractivity (Wildman–Crippen MR) is 121 cm³/mol. The standard InChI is InChI=1S/C24H21F2N7O2/c1-13-23(14(2)31-30-13)20-8-22(19(26)10-28-20)35-18-11-32(12-18)24(34)33-21(3-4-29-33)16-5-15(9-27)6-17(25)7-16/h4-8,10,18,21H,3,11-12H2,1-2H3,(H,30,31). The molecular weight excluding hydrogens is 456 g/mol. The van der Waals surface area contributed by atoms with Gasteiger partial charge in [-0.05, 0) is 37.6 Å². The molecule has 178 valence electrons. The number of carbonyl (C=O) groups excluding carboxylic acids is 1. The quantitative estimate of drug-likeness (QED) is 0.614. The largest absolute Gasteiger partial charge is 0.483 e. The number of rotatable bonds is 4. The van der Waals surface area contributed by atoms with Gasteiger partial charge in [0.15, 0.2) is 11.6 Å². The van der Waals surface area contributed by atoms with Crippen molar-refractivity contribution in [1.29, 1.82) is 5.26 Å². The summed E-state index contributed by atoms with van der Waals surface area (Å²) in [6, 6.07) is 6.57. The highest BCUT2D eigenvalue weighted by Crippen LogP contribution is 2.33. The molecule has 0 radical (unpaired) electrons. The Morgan fingerprint density at radius 3 is 2.74 bits per heavy atom. The second-order valence-electron chi connectivity index (χ2n) is 8.52. The van der Waals surface area contributed by atoms with E-state index in [1.165, 1.54) is 22.0 Å². The summed E-state index contributed by atoms with van der Waals surface area (Å²) in [4.78, 5) is 18.7. The zero-order valence-electron chi connectivity index (χ0n) is 19.0. The topological polar surface area (TPSA) is 110 Å². The van der Waals surface area contributed by atoms with Crippen LogP contribution in [0.5, 0.6) is 5.75 Å². The summed E-state index contributed by atoms with van der Waals surface area (Å²) in [5.41, 5.74) is 3.56. The van der Waals surface area contributed by atoms with E-state index in [0.717, 1.165) is 29.2 Å². The molecule has 0 spiro atoms. The van der Waals surface area contributed by atoms with Crippen LogP contribution in [0, 0.1) is 36.8 Å². The number of aromatic nitrogens is 3. The molecule has 1 unspecified atom stereocenters. The van der Waals surface area contributed by atoms with E-state index in [1.54, 1.807) is 12.3 Å². The van der Waals surface area contributed by atoms with Crippen LogP contribution >= 0.6 is 0 Å². The molecule has 2 aliphatic rings. The van der Waals surface area contributed by atoms with E-state index in [-0.39, 0.29) is 30.4 Å². The third-order valence-electron chi connectivity index (χ3n) is 6.08. The van der Waals surface area contributed by atoms with Gasteiger partial charge in [0, 0.05) is 30.0 Å². The molecule has 3 aromatic rings. The van der Waals surface area contributed by atoms with E-state index in [2.05, 4.69) is 20.3 Å².